The minimum absolute atomic E-state index is 0.211. The lowest BCUT2D eigenvalue weighted by molar-refractivity contribution is 0.0989. The van der Waals surface area contributed by atoms with Crippen molar-refractivity contribution in [3.05, 3.63) is 77.3 Å². The predicted octanol–water partition coefficient (Wildman–Crippen LogP) is 7.80. The van der Waals surface area contributed by atoms with Crippen LogP contribution in [0.15, 0.2) is 60.5 Å². The maximum atomic E-state index is 13.1. The van der Waals surface area contributed by atoms with Crippen LogP contribution in [0.3, 0.4) is 0 Å². The molecule has 194 valence electrons. The van der Waals surface area contributed by atoms with Crippen LogP contribution in [0.1, 0.15) is 47.8 Å². The van der Waals surface area contributed by atoms with Crippen molar-refractivity contribution in [1.29, 1.82) is 5.26 Å². The number of alkyl halides is 2. The van der Waals surface area contributed by atoms with Gasteiger partial charge in [-0.05, 0) is 48.9 Å². The van der Waals surface area contributed by atoms with Crippen LogP contribution in [-0.2, 0) is 1.43 Å². The Hall–Kier alpha value is -2.30. The Morgan fingerprint density at radius 2 is 1.95 bits per heavy atom. The first-order valence-electron chi connectivity index (χ1n) is 11.7. The third kappa shape index (κ3) is 6.97. The molecule has 3 rings (SSSR count). The van der Waals surface area contributed by atoms with E-state index in [4.69, 9.17) is 10.00 Å². The van der Waals surface area contributed by atoms with E-state index in [0.717, 1.165) is 36.3 Å². The Labute approximate surface area is 246 Å². The molecule has 0 saturated heterocycles. The van der Waals surface area contributed by atoms with Crippen LogP contribution in [0, 0.1) is 11.3 Å². The lowest BCUT2D eigenvalue weighted by atomic mass is 10.1. The highest BCUT2D eigenvalue weighted by Gasteiger charge is 2.28. The van der Waals surface area contributed by atoms with Gasteiger partial charge in [-0.3, -0.25) is 4.79 Å². The summed E-state index contributed by atoms with van der Waals surface area (Å²) in [5.41, 5.74) is 3.63. The van der Waals surface area contributed by atoms with Crippen molar-refractivity contribution in [2.24, 2.45) is 0 Å². The number of rotatable bonds is 12. The number of anilines is 3. The van der Waals surface area contributed by atoms with Crippen molar-refractivity contribution in [2.75, 3.05) is 30.5 Å². The lowest BCUT2D eigenvalue weighted by Crippen LogP contribution is -2.26. The number of carbonyl (C=O) groups excluding carboxylic acids is 1. The third-order valence-electron chi connectivity index (χ3n) is 5.85. The molecule has 1 heterocycles. The van der Waals surface area contributed by atoms with Gasteiger partial charge >= 0.3 is 0 Å². The summed E-state index contributed by atoms with van der Waals surface area (Å²) in [5.74, 6) is 0.654. The van der Waals surface area contributed by atoms with Gasteiger partial charge in [0.1, 0.15) is 12.9 Å². The van der Waals surface area contributed by atoms with E-state index in [9.17, 15) is 4.79 Å². The number of unbranched alkanes of at least 4 members (excludes halogenated alkanes) is 2. The summed E-state index contributed by atoms with van der Waals surface area (Å²) in [5, 5.41) is 11.5. The molecule has 0 aliphatic carbocycles. The summed E-state index contributed by atoms with van der Waals surface area (Å²) < 4.78 is 10.2. The quantitative estimate of drug-likeness (QED) is 0.0821. The molecule has 0 aliphatic rings. The summed E-state index contributed by atoms with van der Waals surface area (Å²) in [7, 11) is 3.65. The Kier molecular flexibility index (Phi) is 10.7. The van der Waals surface area contributed by atoms with Crippen molar-refractivity contribution < 1.29 is 9.53 Å². The number of hydrogen-bond donors (Lipinski definition) is 0. The SMILES string of the molecule is C=C[C@](I)(I=C)c1cc(N(C)c2nc(C(=O)N(C)c3ccc(C#N)cc3)cs2)ccc1OCCCCC. The molecular weight excluding hydrogens is 710 g/mol. The molecule has 0 fully saturated rings. The van der Waals surface area contributed by atoms with Gasteiger partial charge in [0.2, 0.25) is 0 Å². The van der Waals surface area contributed by atoms with Crippen molar-refractivity contribution in [3.63, 3.8) is 0 Å². The van der Waals surface area contributed by atoms with Crippen molar-refractivity contribution in [1.82, 2.24) is 4.98 Å². The summed E-state index contributed by atoms with van der Waals surface area (Å²) in [4.78, 5) is 21.2. The fourth-order valence-corrected chi connectivity index (χ4v) is 5.91. The second-order valence-electron chi connectivity index (χ2n) is 8.29. The normalized spacial score (nSPS) is 12.3. The summed E-state index contributed by atoms with van der Waals surface area (Å²) in [6.45, 7) is 6.94. The number of allylic oxidation sites excluding steroid dienone is 1. The van der Waals surface area contributed by atoms with E-state index in [1.807, 2.05) is 30.2 Å². The van der Waals surface area contributed by atoms with Gasteiger partial charge in [-0.1, -0.05) is 52.9 Å². The molecule has 3 aromatic rings. The highest BCUT2D eigenvalue weighted by molar-refractivity contribution is 14.2. The standard InChI is InChI=1S/C28H30I2N4O2S/c1-6-8-9-16-36-25-15-14-22(17-23(25)28(29,7-2)30-3)34(5)27-32-24(19-37-27)26(35)33(4)21-12-10-20(18-31)11-13-21/h7,10-15,17,19H,2-3,6,8-9,16H2,1,4-5H3/t28-/m0/s1. The first-order chi connectivity index (χ1) is 17.8. The monoisotopic (exact) mass is 740 g/mol. The number of ether oxygens (including phenoxy) is 1. The molecule has 0 radical (unpaired) electrons. The molecule has 2 aromatic carbocycles. The zero-order valence-electron chi connectivity index (χ0n) is 21.2. The van der Waals surface area contributed by atoms with Crippen LogP contribution >= 0.6 is 54.7 Å². The number of carbonyl (C=O) groups is 1. The second-order valence-corrected chi connectivity index (χ2v) is 15.4. The average molecular weight is 740 g/mol. The van der Waals surface area contributed by atoms with Crippen molar-refractivity contribution in [2.45, 2.75) is 27.6 Å². The summed E-state index contributed by atoms with van der Waals surface area (Å²) in [6.07, 6.45) is 5.27. The highest BCUT2D eigenvalue weighted by atomic mass is 127. The maximum absolute atomic E-state index is 13.1. The number of aromatic nitrogens is 1. The van der Waals surface area contributed by atoms with Gasteiger partial charge in [-0.25, -0.2) is 4.98 Å². The molecule has 0 aliphatic heterocycles. The van der Waals surface area contributed by atoms with Gasteiger partial charge in [0.25, 0.3) is 5.91 Å². The minimum atomic E-state index is -0.447. The number of hydrogen-bond acceptors (Lipinski definition) is 6. The molecule has 0 spiro atoms. The highest BCUT2D eigenvalue weighted by Crippen LogP contribution is 2.49. The molecule has 6 nitrogen and oxygen atoms in total. The van der Waals surface area contributed by atoms with Crippen molar-refractivity contribution in [3.8, 4) is 11.8 Å². The maximum Gasteiger partial charge on any atom is 0.277 e. The largest absolute Gasteiger partial charge is 0.493 e. The first-order valence-corrected chi connectivity index (χ1v) is 16.3. The molecule has 37 heavy (non-hydrogen) atoms. The molecule has 1 amide bonds. The summed E-state index contributed by atoms with van der Waals surface area (Å²) >= 11 is 3.40. The number of nitriles is 1. The predicted molar refractivity (Wildman–Crippen MR) is 173 cm³/mol. The Morgan fingerprint density at radius 1 is 1.24 bits per heavy atom. The molecule has 1 atom stereocenters. The summed E-state index contributed by atoms with van der Waals surface area (Å²) in [6, 6.07) is 15.1. The van der Waals surface area contributed by atoms with Crippen LogP contribution < -0.4 is 14.5 Å². The zero-order chi connectivity index (χ0) is 27.0. The topological polar surface area (TPSA) is 69.5 Å². The van der Waals surface area contributed by atoms with E-state index in [-0.39, 0.29) is 7.34 Å². The van der Waals surface area contributed by atoms with E-state index in [0.29, 0.717) is 28.7 Å². The van der Waals surface area contributed by atoms with Gasteiger partial charge < -0.3 is 14.5 Å². The molecule has 0 unspecified atom stereocenters. The Bertz CT molecular complexity index is 1290. The van der Waals surface area contributed by atoms with E-state index in [1.54, 1.807) is 36.7 Å². The van der Waals surface area contributed by atoms with E-state index in [1.165, 1.54) is 16.2 Å². The number of thiazole rings is 1. The number of nitrogens with zero attached hydrogens (tertiary/aromatic N) is 4. The van der Waals surface area contributed by atoms with Crippen LogP contribution in [0.2, 0.25) is 0 Å². The van der Waals surface area contributed by atoms with Crippen LogP contribution in [0.5, 0.6) is 5.75 Å². The van der Waals surface area contributed by atoms with Crippen LogP contribution in [0.4, 0.5) is 16.5 Å². The molecule has 0 N–H and O–H groups in total. The fraction of sp³-hybridized carbons (Fsp3) is 0.286. The van der Waals surface area contributed by atoms with Crippen LogP contribution in [0.25, 0.3) is 0 Å². The van der Waals surface area contributed by atoms with Gasteiger partial charge in [0, 0.05) is 36.4 Å². The fourth-order valence-electron chi connectivity index (χ4n) is 3.56. The second kappa shape index (κ2) is 13.5. The minimum Gasteiger partial charge on any atom is -0.493 e. The molecular formula is C28H30I2N4O2S. The molecule has 0 saturated carbocycles. The Morgan fingerprint density at radius 3 is 2.57 bits per heavy atom. The van der Waals surface area contributed by atoms with Gasteiger partial charge in [-0.15, -0.1) is 38.6 Å². The first kappa shape index (κ1) is 29.3. The number of halogens is 2. The van der Waals surface area contributed by atoms with Gasteiger partial charge in [0.05, 0.1) is 18.2 Å². The molecule has 1 aromatic heterocycles. The smallest absolute Gasteiger partial charge is 0.277 e. The van der Waals surface area contributed by atoms with Gasteiger partial charge in [-0.2, -0.15) is 5.26 Å². The van der Waals surface area contributed by atoms with Crippen molar-refractivity contribution >= 4 is 81.6 Å². The molecule has 0 bridgehead atoms. The lowest BCUT2D eigenvalue weighted by Gasteiger charge is -2.25. The van der Waals surface area contributed by atoms with E-state index >= 15 is 0 Å². The Balaban J connectivity index is 1.85. The average Bonchev–Trinajstić information content (AvgIpc) is 3.44. The van der Waals surface area contributed by atoms with Crippen LogP contribution in [-0.4, -0.2) is 36.1 Å². The third-order valence-corrected chi connectivity index (χ3v) is 11.9. The van der Waals surface area contributed by atoms with E-state index < -0.39 is 20.7 Å². The van der Waals surface area contributed by atoms with Gasteiger partial charge in [0.15, 0.2) is 5.13 Å². The number of amides is 1. The molecule has 9 heteroatoms. The number of benzene rings is 2. The zero-order valence-corrected chi connectivity index (χ0v) is 26.3. The van der Waals surface area contributed by atoms with E-state index in [2.05, 4.69) is 57.7 Å².